The van der Waals surface area contributed by atoms with Crippen molar-refractivity contribution < 1.29 is 5.11 Å². The first-order valence-electron chi connectivity index (χ1n) is 5.51. The van der Waals surface area contributed by atoms with Gasteiger partial charge in [-0.15, -0.1) is 0 Å². The minimum Gasteiger partial charge on any atom is -0.393 e. The summed E-state index contributed by atoms with van der Waals surface area (Å²) < 4.78 is 0. The lowest BCUT2D eigenvalue weighted by molar-refractivity contribution is 0.0954. The van der Waals surface area contributed by atoms with E-state index in [0.29, 0.717) is 0 Å². The zero-order valence-electron chi connectivity index (χ0n) is 9.11. The van der Waals surface area contributed by atoms with E-state index in [1.807, 2.05) is 19.1 Å². The molecule has 3 heteroatoms. The maximum atomic E-state index is 9.48. The average Bonchev–Trinajstić information content (AvgIpc) is 2.23. The third kappa shape index (κ3) is 2.03. The van der Waals surface area contributed by atoms with Crippen LogP contribution in [0.4, 0.5) is 0 Å². The number of rotatable bonds is 1. The fourth-order valence-corrected chi connectivity index (χ4v) is 2.36. The van der Waals surface area contributed by atoms with Gasteiger partial charge in [-0.3, -0.25) is 4.98 Å². The Morgan fingerprint density at radius 3 is 2.73 bits per heavy atom. The molecule has 0 unspecified atom stereocenters. The second-order valence-corrected chi connectivity index (χ2v) is 4.56. The molecular formula is C12H18N2O. The summed E-state index contributed by atoms with van der Waals surface area (Å²) in [7, 11) is 0. The summed E-state index contributed by atoms with van der Waals surface area (Å²) in [6.07, 6.45) is 4.84. The van der Waals surface area contributed by atoms with Gasteiger partial charge in [0.15, 0.2) is 0 Å². The van der Waals surface area contributed by atoms with E-state index < -0.39 is 0 Å². The minimum absolute atomic E-state index is 0.175. The van der Waals surface area contributed by atoms with Crippen LogP contribution in [0.5, 0.6) is 0 Å². The van der Waals surface area contributed by atoms with Crippen molar-refractivity contribution in [3.8, 4) is 0 Å². The van der Waals surface area contributed by atoms with Crippen molar-refractivity contribution in [1.29, 1.82) is 0 Å². The lowest BCUT2D eigenvalue weighted by atomic mass is 9.77. The minimum atomic E-state index is -0.329. The molecule has 3 nitrogen and oxygen atoms in total. The second-order valence-electron chi connectivity index (χ2n) is 4.56. The van der Waals surface area contributed by atoms with Crippen LogP contribution >= 0.6 is 0 Å². The molecule has 1 fully saturated rings. The van der Waals surface area contributed by atoms with Gasteiger partial charge in [-0.2, -0.15) is 0 Å². The molecule has 0 spiro atoms. The van der Waals surface area contributed by atoms with E-state index in [4.69, 9.17) is 5.73 Å². The molecule has 0 saturated heterocycles. The van der Waals surface area contributed by atoms with E-state index >= 15 is 0 Å². The van der Waals surface area contributed by atoms with Gasteiger partial charge in [-0.1, -0.05) is 6.07 Å². The number of aromatic nitrogens is 1. The molecule has 0 radical (unpaired) electrons. The molecule has 3 N–H and O–H groups in total. The number of aryl methyl sites for hydroxylation is 1. The van der Waals surface area contributed by atoms with Crippen LogP contribution in [0.15, 0.2) is 18.3 Å². The zero-order chi connectivity index (χ0) is 10.9. The quantitative estimate of drug-likeness (QED) is 0.731. The molecule has 0 atom stereocenters. The molecule has 0 bridgehead atoms. The highest BCUT2D eigenvalue weighted by molar-refractivity contribution is 5.25. The normalized spacial score (nSPS) is 31.5. The van der Waals surface area contributed by atoms with Crippen molar-refractivity contribution >= 4 is 0 Å². The third-order valence-corrected chi connectivity index (χ3v) is 3.33. The highest BCUT2D eigenvalue weighted by atomic mass is 16.3. The van der Waals surface area contributed by atoms with Gasteiger partial charge in [0.1, 0.15) is 0 Å². The molecule has 1 aromatic heterocycles. The largest absolute Gasteiger partial charge is 0.393 e. The van der Waals surface area contributed by atoms with Crippen LogP contribution < -0.4 is 5.73 Å². The van der Waals surface area contributed by atoms with Gasteiger partial charge in [0.2, 0.25) is 0 Å². The number of pyridine rings is 1. The van der Waals surface area contributed by atoms with Crippen LogP contribution in [0, 0.1) is 6.92 Å². The topological polar surface area (TPSA) is 59.1 Å². The van der Waals surface area contributed by atoms with E-state index in [1.165, 1.54) is 0 Å². The molecule has 2 rings (SSSR count). The third-order valence-electron chi connectivity index (χ3n) is 3.33. The van der Waals surface area contributed by atoms with Crippen LogP contribution in [0.1, 0.15) is 36.9 Å². The van der Waals surface area contributed by atoms with Crippen molar-refractivity contribution in [2.75, 3.05) is 0 Å². The Morgan fingerprint density at radius 1 is 1.47 bits per heavy atom. The van der Waals surface area contributed by atoms with Gasteiger partial charge < -0.3 is 10.8 Å². The molecular weight excluding hydrogens is 188 g/mol. The van der Waals surface area contributed by atoms with Gasteiger partial charge in [-0.25, -0.2) is 0 Å². The average molecular weight is 206 g/mol. The number of aliphatic hydroxyl groups excluding tert-OH is 1. The zero-order valence-corrected chi connectivity index (χ0v) is 9.11. The highest BCUT2D eigenvalue weighted by Crippen LogP contribution is 2.35. The summed E-state index contributed by atoms with van der Waals surface area (Å²) in [4.78, 5) is 4.39. The van der Waals surface area contributed by atoms with Crippen LogP contribution in [0.25, 0.3) is 0 Å². The molecule has 0 aliphatic heterocycles. The molecule has 1 saturated carbocycles. The van der Waals surface area contributed by atoms with E-state index in [-0.39, 0.29) is 11.6 Å². The predicted molar refractivity (Wildman–Crippen MR) is 59.3 cm³/mol. The Hall–Kier alpha value is -0.930. The first-order valence-corrected chi connectivity index (χ1v) is 5.51. The molecule has 0 aromatic carbocycles. The first kappa shape index (κ1) is 10.6. The number of hydrogen-bond donors (Lipinski definition) is 2. The Balaban J connectivity index is 2.26. The van der Waals surface area contributed by atoms with E-state index in [0.717, 1.165) is 36.9 Å². The maximum absolute atomic E-state index is 9.48. The molecule has 0 amide bonds. The van der Waals surface area contributed by atoms with Gasteiger partial charge in [0, 0.05) is 6.20 Å². The number of hydrogen-bond acceptors (Lipinski definition) is 3. The summed E-state index contributed by atoms with van der Waals surface area (Å²) in [5.41, 5.74) is 8.19. The summed E-state index contributed by atoms with van der Waals surface area (Å²) in [5.74, 6) is 0. The summed E-state index contributed by atoms with van der Waals surface area (Å²) in [5, 5.41) is 9.48. The summed E-state index contributed by atoms with van der Waals surface area (Å²) in [6, 6.07) is 3.97. The van der Waals surface area contributed by atoms with E-state index in [1.54, 1.807) is 6.20 Å². The van der Waals surface area contributed by atoms with E-state index in [2.05, 4.69) is 4.98 Å². The molecule has 1 aliphatic carbocycles. The summed E-state index contributed by atoms with van der Waals surface area (Å²) in [6.45, 7) is 2.04. The fourth-order valence-electron chi connectivity index (χ4n) is 2.36. The number of aliphatic hydroxyl groups is 1. The van der Waals surface area contributed by atoms with Gasteiger partial charge >= 0.3 is 0 Å². The Morgan fingerprint density at radius 2 is 2.13 bits per heavy atom. The van der Waals surface area contributed by atoms with E-state index in [9.17, 15) is 5.11 Å². The maximum Gasteiger partial charge on any atom is 0.0631 e. The first-order chi connectivity index (χ1) is 7.12. The molecule has 1 aliphatic rings. The van der Waals surface area contributed by atoms with Gasteiger partial charge in [0.25, 0.3) is 0 Å². The number of nitrogens with zero attached hydrogens (tertiary/aromatic N) is 1. The van der Waals surface area contributed by atoms with Gasteiger partial charge in [0.05, 0.1) is 17.3 Å². The van der Waals surface area contributed by atoms with Crippen LogP contribution in [-0.4, -0.2) is 16.2 Å². The van der Waals surface area contributed by atoms with Crippen molar-refractivity contribution in [2.24, 2.45) is 5.73 Å². The van der Waals surface area contributed by atoms with Gasteiger partial charge in [-0.05, 0) is 44.2 Å². The van der Waals surface area contributed by atoms with Crippen molar-refractivity contribution in [1.82, 2.24) is 4.98 Å². The molecule has 82 valence electrons. The SMILES string of the molecule is Cc1cccnc1C1(N)CCC(O)CC1. The monoisotopic (exact) mass is 206 g/mol. The van der Waals surface area contributed by atoms with Crippen molar-refractivity contribution in [2.45, 2.75) is 44.2 Å². The van der Waals surface area contributed by atoms with Crippen LogP contribution in [0.3, 0.4) is 0 Å². The summed E-state index contributed by atoms with van der Waals surface area (Å²) >= 11 is 0. The van der Waals surface area contributed by atoms with Crippen molar-refractivity contribution in [3.05, 3.63) is 29.6 Å². The lowest BCUT2D eigenvalue weighted by Crippen LogP contribution is -2.42. The smallest absolute Gasteiger partial charge is 0.0631 e. The predicted octanol–water partition coefficient (Wildman–Crippen LogP) is 1.48. The molecule has 1 aromatic rings. The molecule has 1 heterocycles. The van der Waals surface area contributed by atoms with Crippen molar-refractivity contribution in [3.63, 3.8) is 0 Å². The second kappa shape index (κ2) is 3.91. The van der Waals surface area contributed by atoms with Crippen LogP contribution in [-0.2, 0) is 5.54 Å². The Bertz CT molecular complexity index is 343. The fraction of sp³-hybridized carbons (Fsp3) is 0.583. The molecule has 15 heavy (non-hydrogen) atoms. The lowest BCUT2D eigenvalue weighted by Gasteiger charge is -2.35. The Kier molecular flexibility index (Phi) is 2.76. The highest BCUT2D eigenvalue weighted by Gasteiger charge is 2.34. The number of nitrogens with two attached hydrogens (primary N) is 1. The van der Waals surface area contributed by atoms with Crippen LogP contribution in [0.2, 0.25) is 0 Å². The Labute approximate surface area is 90.3 Å². The standard InChI is InChI=1S/C12H18N2O/c1-9-3-2-8-14-11(9)12(13)6-4-10(15)5-7-12/h2-3,8,10,15H,4-7,13H2,1H3.